The summed E-state index contributed by atoms with van der Waals surface area (Å²) in [6.07, 6.45) is 1.73. The number of anilines is 1. The number of primary sulfonamides is 1. The normalized spacial score (nSPS) is 15.8. The standard InChI is InChI=1S/C10H12N2O3S/c11-16(14,15)9-4-2-1-3-8(9)12-10(13)7-5-6-7/h1-4,7H,5-6H2,(H,12,13)(H2,11,14,15). The van der Waals surface area contributed by atoms with Crippen molar-refractivity contribution in [3.8, 4) is 0 Å². The van der Waals surface area contributed by atoms with Crippen molar-refractivity contribution in [2.75, 3.05) is 5.32 Å². The van der Waals surface area contributed by atoms with Crippen molar-refractivity contribution < 1.29 is 13.2 Å². The highest BCUT2D eigenvalue weighted by Crippen LogP contribution is 2.31. The summed E-state index contributed by atoms with van der Waals surface area (Å²) in [7, 11) is -3.80. The summed E-state index contributed by atoms with van der Waals surface area (Å²) in [4.78, 5) is 11.5. The molecule has 1 aliphatic rings. The van der Waals surface area contributed by atoms with Crippen molar-refractivity contribution in [2.45, 2.75) is 17.7 Å². The third-order valence-corrected chi connectivity index (χ3v) is 3.37. The quantitative estimate of drug-likeness (QED) is 0.814. The van der Waals surface area contributed by atoms with Gasteiger partial charge in [0.05, 0.1) is 5.69 Å². The van der Waals surface area contributed by atoms with Crippen LogP contribution in [0.5, 0.6) is 0 Å². The number of para-hydroxylation sites is 1. The van der Waals surface area contributed by atoms with Crippen molar-refractivity contribution in [2.24, 2.45) is 11.1 Å². The number of hydrogen-bond acceptors (Lipinski definition) is 3. The van der Waals surface area contributed by atoms with E-state index in [9.17, 15) is 13.2 Å². The zero-order valence-electron chi connectivity index (χ0n) is 8.51. The largest absolute Gasteiger partial charge is 0.325 e. The third-order valence-electron chi connectivity index (χ3n) is 2.40. The number of rotatable bonds is 3. The molecule has 3 N–H and O–H groups in total. The number of nitrogens with two attached hydrogens (primary N) is 1. The average Bonchev–Trinajstić information content (AvgIpc) is 2.99. The summed E-state index contributed by atoms with van der Waals surface area (Å²) >= 11 is 0. The third kappa shape index (κ3) is 2.40. The molecule has 0 spiro atoms. The van der Waals surface area contributed by atoms with Crippen LogP contribution >= 0.6 is 0 Å². The molecular formula is C10H12N2O3S. The van der Waals surface area contributed by atoms with Crippen LogP contribution in [0.25, 0.3) is 0 Å². The lowest BCUT2D eigenvalue weighted by molar-refractivity contribution is -0.117. The number of hydrogen-bond donors (Lipinski definition) is 2. The van der Waals surface area contributed by atoms with Gasteiger partial charge in [-0.15, -0.1) is 0 Å². The summed E-state index contributed by atoms with van der Waals surface area (Å²) in [5.74, 6) is -0.121. The van der Waals surface area contributed by atoms with E-state index in [1.807, 2.05) is 0 Å². The van der Waals surface area contributed by atoms with Gasteiger partial charge in [0.1, 0.15) is 4.90 Å². The zero-order chi connectivity index (χ0) is 11.8. The number of carbonyl (C=O) groups excluding carboxylic acids is 1. The van der Waals surface area contributed by atoms with Crippen LogP contribution in [0.1, 0.15) is 12.8 Å². The molecule has 0 saturated heterocycles. The van der Waals surface area contributed by atoms with Gasteiger partial charge in [-0.3, -0.25) is 4.79 Å². The topological polar surface area (TPSA) is 89.3 Å². The number of carbonyl (C=O) groups is 1. The lowest BCUT2D eigenvalue weighted by Crippen LogP contribution is -2.19. The van der Waals surface area contributed by atoms with Gasteiger partial charge in [-0.05, 0) is 25.0 Å². The van der Waals surface area contributed by atoms with E-state index in [2.05, 4.69) is 5.32 Å². The first-order valence-corrected chi connectivity index (χ1v) is 6.46. The molecule has 0 aromatic heterocycles. The lowest BCUT2D eigenvalue weighted by Gasteiger charge is -2.08. The lowest BCUT2D eigenvalue weighted by atomic mass is 10.3. The molecule has 6 heteroatoms. The van der Waals surface area contributed by atoms with E-state index < -0.39 is 10.0 Å². The van der Waals surface area contributed by atoms with Gasteiger partial charge in [0, 0.05) is 5.92 Å². The molecule has 0 heterocycles. The fourth-order valence-electron chi connectivity index (χ4n) is 1.40. The minimum Gasteiger partial charge on any atom is -0.325 e. The predicted molar refractivity (Wildman–Crippen MR) is 59.2 cm³/mol. The molecule has 0 atom stereocenters. The molecule has 1 fully saturated rings. The van der Waals surface area contributed by atoms with Crippen LogP contribution in [0.15, 0.2) is 29.2 Å². The SMILES string of the molecule is NS(=O)(=O)c1ccccc1NC(=O)C1CC1. The van der Waals surface area contributed by atoms with Crippen LogP contribution in [0.2, 0.25) is 0 Å². The van der Waals surface area contributed by atoms with Gasteiger partial charge >= 0.3 is 0 Å². The van der Waals surface area contributed by atoms with Gasteiger partial charge in [0.2, 0.25) is 15.9 Å². The molecule has 5 nitrogen and oxygen atoms in total. The molecule has 1 aromatic carbocycles. The molecular weight excluding hydrogens is 228 g/mol. The zero-order valence-corrected chi connectivity index (χ0v) is 9.33. The summed E-state index contributed by atoms with van der Waals surface area (Å²) in [5.41, 5.74) is 0.252. The minimum atomic E-state index is -3.80. The Morgan fingerprint density at radius 2 is 1.94 bits per heavy atom. The molecule has 0 aliphatic heterocycles. The summed E-state index contributed by atoms with van der Waals surface area (Å²) < 4.78 is 22.5. The minimum absolute atomic E-state index is 0.0218. The van der Waals surface area contributed by atoms with Crippen molar-refractivity contribution in [3.63, 3.8) is 0 Å². The molecule has 0 bridgehead atoms. The van der Waals surface area contributed by atoms with E-state index in [1.54, 1.807) is 12.1 Å². The molecule has 1 saturated carbocycles. The van der Waals surface area contributed by atoms with E-state index in [1.165, 1.54) is 12.1 Å². The van der Waals surface area contributed by atoms with Crippen LogP contribution in [0.4, 0.5) is 5.69 Å². The average molecular weight is 240 g/mol. The number of benzene rings is 1. The molecule has 1 aliphatic carbocycles. The first-order chi connectivity index (χ1) is 7.48. The first kappa shape index (κ1) is 11.1. The summed E-state index contributed by atoms with van der Waals surface area (Å²) in [6, 6.07) is 6.11. The van der Waals surface area contributed by atoms with Crippen molar-refractivity contribution in [3.05, 3.63) is 24.3 Å². The van der Waals surface area contributed by atoms with Crippen LogP contribution in [0, 0.1) is 5.92 Å². The number of sulfonamides is 1. The molecule has 1 aromatic rings. The van der Waals surface area contributed by atoms with Gasteiger partial charge in [0.25, 0.3) is 0 Å². The summed E-state index contributed by atoms with van der Waals surface area (Å²) in [6.45, 7) is 0. The monoisotopic (exact) mass is 240 g/mol. The second-order valence-corrected chi connectivity index (χ2v) is 5.33. The highest BCUT2D eigenvalue weighted by Gasteiger charge is 2.30. The summed E-state index contributed by atoms with van der Waals surface area (Å²) in [5, 5.41) is 7.63. The maximum atomic E-state index is 11.5. The first-order valence-electron chi connectivity index (χ1n) is 4.91. The Kier molecular flexibility index (Phi) is 2.69. The van der Waals surface area contributed by atoms with Crippen LogP contribution in [0.3, 0.4) is 0 Å². The molecule has 1 amide bonds. The Labute approximate surface area is 93.7 Å². The second kappa shape index (κ2) is 3.88. The van der Waals surface area contributed by atoms with Gasteiger partial charge < -0.3 is 5.32 Å². The Hall–Kier alpha value is -1.40. The molecule has 86 valence electrons. The highest BCUT2D eigenvalue weighted by atomic mass is 32.2. The predicted octanol–water partition coefficient (Wildman–Crippen LogP) is 0.682. The number of nitrogens with one attached hydrogen (secondary N) is 1. The Morgan fingerprint density at radius 3 is 2.50 bits per heavy atom. The van der Waals surface area contributed by atoms with Gasteiger partial charge in [-0.1, -0.05) is 12.1 Å². The van der Waals surface area contributed by atoms with E-state index in [0.29, 0.717) is 0 Å². The maximum Gasteiger partial charge on any atom is 0.240 e. The Morgan fingerprint density at radius 1 is 1.31 bits per heavy atom. The number of amides is 1. The van der Waals surface area contributed by atoms with E-state index in [0.717, 1.165) is 12.8 Å². The van der Waals surface area contributed by atoms with Gasteiger partial charge in [0.15, 0.2) is 0 Å². The van der Waals surface area contributed by atoms with E-state index >= 15 is 0 Å². The highest BCUT2D eigenvalue weighted by molar-refractivity contribution is 7.89. The van der Waals surface area contributed by atoms with Crippen molar-refractivity contribution in [1.82, 2.24) is 0 Å². The van der Waals surface area contributed by atoms with Crippen LogP contribution in [-0.4, -0.2) is 14.3 Å². The molecule has 2 rings (SSSR count). The second-order valence-electron chi connectivity index (χ2n) is 3.80. The molecule has 0 unspecified atom stereocenters. The van der Waals surface area contributed by atoms with E-state index in [4.69, 9.17) is 5.14 Å². The van der Waals surface area contributed by atoms with Gasteiger partial charge in [-0.25, -0.2) is 13.6 Å². The van der Waals surface area contributed by atoms with E-state index in [-0.39, 0.29) is 22.4 Å². The van der Waals surface area contributed by atoms with Crippen molar-refractivity contribution >= 4 is 21.6 Å². The fraction of sp³-hybridized carbons (Fsp3) is 0.300. The van der Waals surface area contributed by atoms with Gasteiger partial charge in [-0.2, -0.15) is 0 Å². The Bertz CT molecular complexity index is 521. The maximum absolute atomic E-state index is 11.5. The fourth-order valence-corrected chi connectivity index (χ4v) is 2.09. The van der Waals surface area contributed by atoms with Crippen LogP contribution < -0.4 is 10.5 Å². The molecule has 0 radical (unpaired) electrons. The molecule has 16 heavy (non-hydrogen) atoms. The van der Waals surface area contributed by atoms with Crippen molar-refractivity contribution in [1.29, 1.82) is 0 Å². The Balaban J connectivity index is 2.29. The smallest absolute Gasteiger partial charge is 0.240 e. The van der Waals surface area contributed by atoms with Crippen LogP contribution in [-0.2, 0) is 14.8 Å².